The fraction of sp³-hybridized carbons (Fsp3) is 0.636. The lowest BCUT2D eigenvalue weighted by Gasteiger charge is -2.03. The van der Waals surface area contributed by atoms with Gasteiger partial charge in [0.2, 0.25) is 0 Å². The summed E-state index contributed by atoms with van der Waals surface area (Å²) in [4.78, 5) is 20.0. The summed E-state index contributed by atoms with van der Waals surface area (Å²) in [7, 11) is 0. The molecule has 0 fully saturated rings. The molecule has 0 aliphatic rings. The summed E-state index contributed by atoms with van der Waals surface area (Å²) in [5.74, 6) is -0.877. The number of carboxylic acids is 1. The molecule has 0 atom stereocenters. The molecule has 0 rings (SSSR count). The third kappa shape index (κ3) is 12.7. The summed E-state index contributed by atoms with van der Waals surface area (Å²) in [6.45, 7) is 3.96. The number of rotatable bonds is 5. The van der Waals surface area contributed by atoms with Crippen LogP contribution in [0.3, 0.4) is 0 Å². The lowest BCUT2D eigenvalue weighted by molar-refractivity contribution is -0.136. The van der Waals surface area contributed by atoms with Crippen LogP contribution in [-0.2, 0) is 14.3 Å². The minimum Gasteiger partial charge on any atom is -0.481 e. The van der Waals surface area contributed by atoms with Crippen molar-refractivity contribution in [1.82, 2.24) is 0 Å². The Morgan fingerprint density at radius 3 is 2.00 bits per heavy atom. The first-order chi connectivity index (χ1) is 5.57. The molecular weight excluding hydrogens is 196 g/mol. The number of carbonyl (C=O) groups excluding carboxylic acids is 1. The lowest BCUT2D eigenvalue weighted by Crippen LogP contribution is -2.01. The molecule has 0 heterocycles. The SMILES string of the molecule is C.C.C.C/C(COC=O)=C(\C)CC(=O)O. The van der Waals surface area contributed by atoms with Gasteiger partial charge in [-0.3, -0.25) is 9.59 Å². The molecule has 0 amide bonds. The summed E-state index contributed by atoms with van der Waals surface area (Å²) >= 11 is 0. The molecule has 0 radical (unpaired) electrons. The zero-order valence-electron chi connectivity index (χ0n) is 7.16. The molecular formula is C11H24O4. The number of carbonyl (C=O) groups is 2. The van der Waals surface area contributed by atoms with Crippen molar-refractivity contribution < 1.29 is 19.4 Å². The van der Waals surface area contributed by atoms with E-state index in [2.05, 4.69) is 4.74 Å². The van der Waals surface area contributed by atoms with Crippen molar-refractivity contribution in [2.45, 2.75) is 42.5 Å². The Morgan fingerprint density at radius 2 is 1.67 bits per heavy atom. The van der Waals surface area contributed by atoms with Gasteiger partial charge in [-0.1, -0.05) is 27.9 Å². The van der Waals surface area contributed by atoms with Gasteiger partial charge in [0, 0.05) is 0 Å². The molecule has 0 aliphatic carbocycles. The quantitative estimate of drug-likeness (QED) is 0.571. The van der Waals surface area contributed by atoms with Crippen molar-refractivity contribution in [2.24, 2.45) is 0 Å². The van der Waals surface area contributed by atoms with Gasteiger partial charge in [-0.2, -0.15) is 0 Å². The summed E-state index contributed by atoms with van der Waals surface area (Å²) in [5, 5.41) is 8.41. The molecule has 0 aromatic rings. The number of hydrogen-bond acceptors (Lipinski definition) is 3. The molecule has 4 heteroatoms. The molecule has 1 N–H and O–H groups in total. The van der Waals surface area contributed by atoms with Gasteiger partial charge in [-0.25, -0.2) is 0 Å². The Labute approximate surface area is 92.9 Å². The predicted octanol–water partition coefficient (Wildman–Crippen LogP) is 2.88. The molecule has 0 spiro atoms. The van der Waals surface area contributed by atoms with Gasteiger partial charge in [0.05, 0.1) is 6.42 Å². The average Bonchev–Trinajstić information content (AvgIpc) is 1.98. The van der Waals surface area contributed by atoms with E-state index in [1.807, 2.05) is 0 Å². The van der Waals surface area contributed by atoms with E-state index >= 15 is 0 Å². The maximum absolute atomic E-state index is 10.2. The van der Waals surface area contributed by atoms with Crippen LogP contribution in [0.4, 0.5) is 0 Å². The first-order valence-corrected chi connectivity index (χ1v) is 3.50. The van der Waals surface area contributed by atoms with Crippen LogP contribution in [0.1, 0.15) is 42.5 Å². The Kier molecular flexibility index (Phi) is 19.8. The summed E-state index contributed by atoms with van der Waals surface area (Å²) in [6, 6.07) is 0. The van der Waals surface area contributed by atoms with Crippen molar-refractivity contribution in [3.63, 3.8) is 0 Å². The molecule has 0 aromatic heterocycles. The molecule has 0 unspecified atom stereocenters. The van der Waals surface area contributed by atoms with Crippen molar-refractivity contribution in [3.8, 4) is 0 Å². The third-order valence-electron chi connectivity index (χ3n) is 1.51. The monoisotopic (exact) mass is 220 g/mol. The normalized spacial score (nSPS) is 9.47. The Hall–Kier alpha value is -1.32. The molecule has 0 aliphatic heterocycles. The first kappa shape index (κ1) is 23.5. The predicted molar refractivity (Wildman–Crippen MR) is 62.8 cm³/mol. The zero-order chi connectivity index (χ0) is 9.56. The van der Waals surface area contributed by atoms with Crippen LogP contribution in [0.25, 0.3) is 0 Å². The first-order valence-electron chi connectivity index (χ1n) is 3.50. The van der Waals surface area contributed by atoms with Crippen molar-refractivity contribution in [1.29, 1.82) is 0 Å². The Bertz CT molecular complexity index is 207. The number of aliphatic carboxylic acids is 1. The van der Waals surface area contributed by atoms with E-state index in [4.69, 9.17) is 5.11 Å². The summed E-state index contributed by atoms with van der Waals surface area (Å²) in [5.41, 5.74) is 1.51. The van der Waals surface area contributed by atoms with E-state index in [9.17, 15) is 9.59 Å². The highest BCUT2D eigenvalue weighted by Gasteiger charge is 2.02. The molecule has 0 bridgehead atoms. The highest BCUT2D eigenvalue weighted by Crippen LogP contribution is 2.07. The van der Waals surface area contributed by atoms with Gasteiger partial charge in [-0.15, -0.1) is 0 Å². The second-order valence-corrected chi connectivity index (χ2v) is 2.54. The number of hydrogen-bond donors (Lipinski definition) is 1. The smallest absolute Gasteiger partial charge is 0.307 e. The highest BCUT2D eigenvalue weighted by molar-refractivity contribution is 5.70. The van der Waals surface area contributed by atoms with Crippen molar-refractivity contribution >= 4 is 12.4 Å². The minimum atomic E-state index is -0.877. The maximum Gasteiger partial charge on any atom is 0.307 e. The van der Waals surface area contributed by atoms with Crippen molar-refractivity contribution in [2.75, 3.05) is 6.61 Å². The van der Waals surface area contributed by atoms with Crippen molar-refractivity contribution in [3.05, 3.63) is 11.1 Å². The van der Waals surface area contributed by atoms with Gasteiger partial charge >= 0.3 is 5.97 Å². The fourth-order valence-corrected chi connectivity index (χ4v) is 0.660. The molecule has 0 saturated heterocycles. The van der Waals surface area contributed by atoms with Gasteiger partial charge in [-0.05, 0) is 19.4 Å². The van der Waals surface area contributed by atoms with E-state index < -0.39 is 5.97 Å². The van der Waals surface area contributed by atoms with Crippen LogP contribution in [0, 0.1) is 0 Å². The van der Waals surface area contributed by atoms with Crippen LogP contribution < -0.4 is 0 Å². The van der Waals surface area contributed by atoms with E-state index in [0.717, 1.165) is 11.1 Å². The Morgan fingerprint density at radius 1 is 1.20 bits per heavy atom. The van der Waals surface area contributed by atoms with Gasteiger partial charge < -0.3 is 9.84 Å². The van der Waals surface area contributed by atoms with E-state index in [1.54, 1.807) is 13.8 Å². The summed E-state index contributed by atoms with van der Waals surface area (Å²) in [6.07, 6.45) is -0.00590. The standard InChI is InChI=1S/C8H12O4.3CH4/c1-6(3-8(10)11)7(2)4-12-5-9;;;/h5H,3-4H2,1-2H3,(H,10,11);3*1H4/b7-6-;;;. The topological polar surface area (TPSA) is 63.6 Å². The van der Waals surface area contributed by atoms with Crippen LogP contribution in [0.2, 0.25) is 0 Å². The van der Waals surface area contributed by atoms with E-state index in [1.165, 1.54) is 0 Å². The second-order valence-electron chi connectivity index (χ2n) is 2.54. The second kappa shape index (κ2) is 12.7. The number of carboxylic acid groups (broad SMARTS) is 1. The van der Waals surface area contributed by atoms with Crippen LogP contribution in [-0.4, -0.2) is 24.2 Å². The van der Waals surface area contributed by atoms with Gasteiger partial charge in [0.15, 0.2) is 0 Å². The molecule has 4 nitrogen and oxygen atoms in total. The zero-order valence-corrected chi connectivity index (χ0v) is 7.16. The van der Waals surface area contributed by atoms with Crippen LogP contribution in [0.5, 0.6) is 0 Å². The minimum absolute atomic E-state index is 0. The Balaban J connectivity index is -0.000000202. The van der Waals surface area contributed by atoms with E-state index in [-0.39, 0.29) is 35.3 Å². The molecule has 15 heavy (non-hydrogen) atoms. The molecule has 0 aromatic carbocycles. The third-order valence-corrected chi connectivity index (χ3v) is 1.51. The number of ether oxygens (including phenoxy) is 1. The lowest BCUT2D eigenvalue weighted by atomic mass is 10.1. The van der Waals surface area contributed by atoms with Crippen LogP contribution >= 0.6 is 0 Å². The maximum atomic E-state index is 10.2. The summed E-state index contributed by atoms with van der Waals surface area (Å²) < 4.78 is 4.47. The molecule has 92 valence electrons. The fourth-order valence-electron chi connectivity index (χ4n) is 0.660. The molecule has 0 saturated carbocycles. The van der Waals surface area contributed by atoms with Gasteiger partial charge in [0.1, 0.15) is 6.61 Å². The highest BCUT2D eigenvalue weighted by atomic mass is 16.5. The largest absolute Gasteiger partial charge is 0.481 e. The van der Waals surface area contributed by atoms with Gasteiger partial charge in [0.25, 0.3) is 6.47 Å². The average molecular weight is 220 g/mol. The van der Waals surface area contributed by atoms with Crippen LogP contribution in [0.15, 0.2) is 11.1 Å². The van der Waals surface area contributed by atoms with E-state index in [0.29, 0.717) is 6.47 Å².